The molecule has 2 rings (SSSR count). The van der Waals surface area contributed by atoms with Crippen LogP contribution in [-0.4, -0.2) is 38.0 Å². The molecule has 3 heteroatoms. The average Bonchev–Trinajstić information content (AvgIpc) is 2.86. The Morgan fingerprint density at radius 3 is 2.75 bits per heavy atom. The largest absolute Gasteiger partial charge is 0.378 e. The maximum Gasteiger partial charge on any atom is 0.0939 e. The van der Waals surface area contributed by atoms with E-state index in [1.54, 1.807) is 0 Å². The molecule has 0 saturated carbocycles. The fourth-order valence-corrected chi connectivity index (χ4v) is 3.62. The molecule has 0 aromatic rings. The maximum absolute atomic E-state index is 6.08. The van der Waals surface area contributed by atoms with Gasteiger partial charge in [-0.25, -0.2) is 0 Å². The summed E-state index contributed by atoms with van der Waals surface area (Å²) in [4.78, 5) is 0. The Morgan fingerprint density at radius 2 is 2.10 bits per heavy atom. The molecule has 0 aromatic carbocycles. The minimum Gasteiger partial charge on any atom is -0.378 e. The molecule has 3 atom stereocenters. The van der Waals surface area contributed by atoms with Crippen LogP contribution in [0.15, 0.2) is 0 Å². The van der Waals surface area contributed by atoms with Crippen molar-refractivity contribution >= 4 is 0 Å². The first-order chi connectivity index (χ1) is 9.65. The van der Waals surface area contributed by atoms with Crippen LogP contribution in [0.1, 0.15) is 59.3 Å². The summed E-state index contributed by atoms with van der Waals surface area (Å²) in [5.41, 5.74) is 0.0485. The minimum absolute atomic E-state index is 0.0485. The van der Waals surface area contributed by atoms with Crippen molar-refractivity contribution in [3.63, 3.8) is 0 Å². The van der Waals surface area contributed by atoms with Crippen molar-refractivity contribution in [2.45, 2.75) is 70.9 Å². The normalized spacial score (nSPS) is 32.1. The van der Waals surface area contributed by atoms with Gasteiger partial charge in [-0.1, -0.05) is 20.8 Å². The van der Waals surface area contributed by atoms with Gasteiger partial charge >= 0.3 is 0 Å². The fourth-order valence-electron chi connectivity index (χ4n) is 3.62. The van der Waals surface area contributed by atoms with Crippen molar-refractivity contribution in [3.05, 3.63) is 0 Å². The SMILES string of the molecule is CCCNC(CCC(C)C)C1CCOC2(CCOC2)C1. The van der Waals surface area contributed by atoms with Crippen LogP contribution in [0.2, 0.25) is 0 Å². The van der Waals surface area contributed by atoms with Crippen molar-refractivity contribution in [2.24, 2.45) is 11.8 Å². The van der Waals surface area contributed by atoms with Crippen LogP contribution in [0.5, 0.6) is 0 Å². The van der Waals surface area contributed by atoms with Gasteiger partial charge in [0.05, 0.1) is 12.2 Å². The lowest BCUT2D eigenvalue weighted by Gasteiger charge is -2.41. The summed E-state index contributed by atoms with van der Waals surface area (Å²) >= 11 is 0. The molecular formula is C17H33NO2. The molecule has 2 aliphatic heterocycles. The zero-order valence-corrected chi connectivity index (χ0v) is 13.6. The topological polar surface area (TPSA) is 30.5 Å². The summed E-state index contributed by atoms with van der Waals surface area (Å²) in [5, 5.41) is 3.80. The van der Waals surface area contributed by atoms with E-state index < -0.39 is 0 Å². The van der Waals surface area contributed by atoms with Gasteiger partial charge in [0.2, 0.25) is 0 Å². The molecule has 0 aliphatic carbocycles. The van der Waals surface area contributed by atoms with E-state index in [4.69, 9.17) is 9.47 Å². The molecule has 0 bridgehead atoms. The summed E-state index contributed by atoms with van der Waals surface area (Å²) in [6.07, 6.45) is 7.33. The van der Waals surface area contributed by atoms with E-state index in [0.717, 1.165) is 44.6 Å². The Morgan fingerprint density at radius 1 is 1.25 bits per heavy atom. The van der Waals surface area contributed by atoms with E-state index in [1.807, 2.05) is 0 Å². The molecule has 1 N–H and O–H groups in total. The third-order valence-corrected chi connectivity index (χ3v) is 4.88. The average molecular weight is 283 g/mol. The Bertz CT molecular complexity index is 274. The molecule has 20 heavy (non-hydrogen) atoms. The summed E-state index contributed by atoms with van der Waals surface area (Å²) in [5.74, 6) is 1.56. The zero-order valence-electron chi connectivity index (χ0n) is 13.6. The van der Waals surface area contributed by atoms with Crippen molar-refractivity contribution in [2.75, 3.05) is 26.4 Å². The molecule has 3 nitrogen and oxygen atoms in total. The van der Waals surface area contributed by atoms with Gasteiger partial charge in [-0.15, -0.1) is 0 Å². The van der Waals surface area contributed by atoms with Crippen LogP contribution < -0.4 is 5.32 Å². The number of rotatable bonds is 7. The second-order valence-electron chi connectivity index (χ2n) is 7.12. The number of hydrogen-bond donors (Lipinski definition) is 1. The molecule has 3 unspecified atom stereocenters. The lowest BCUT2D eigenvalue weighted by atomic mass is 9.79. The van der Waals surface area contributed by atoms with Crippen molar-refractivity contribution < 1.29 is 9.47 Å². The molecule has 2 heterocycles. The lowest BCUT2D eigenvalue weighted by Crippen LogP contribution is -2.47. The van der Waals surface area contributed by atoms with Crippen LogP contribution >= 0.6 is 0 Å². The fraction of sp³-hybridized carbons (Fsp3) is 1.00. The number of nitrogens with one attached hydrogen (secondary N) is 1. The zero-order chi connectivity index (χ0) is 14.4. The molecule has 118 valence electrons. The van der Waals surface area contributed by atoms with Crippen LogP contribution in [0, 0.1) is 11.8 Å². The van der Waals surface area contributed by atoms with Gasteiger partial charge in [-0.3, -0.25) is 0 Å². The predicted molar refractivity (Wildman–Crippen MR) is 83.0 cm³/mol. The quantitative estimate of drug-likeness (QED) is 0.777. The van der Waals surface area contributed by atoms with Gasteiger partial charge in [0.15, 0.2) is 0 Å². The molecule has 1 spiro atoms. The highest BCUT2D eigenvalue weighted by molar-refractivity contribution is 4.93. The highest BCUT2D eigenvalue weighted by atomic mass is 16.6. The van der Waals surface area contributed by atoms with Crippen molar-refractivity contribution in [3.8, 4) is 0 Å². The van der Waals surface area contributed by atoms with E-state index in [1.165, 1.54) is 32.1 Å². The molecule has 0 radical (unpaired) electrons. The first kappa shape index (κ1) is 16.3. The summed E-state index contributed by atoms with van der Waals surface area (Å²) in [6.45, 7) is 10.7. The van der Waals surface area contributed by atoms with Gasteiger partial charge < -0.3 is 14.8 Å². The summed E-state index contributed by atoms with van der Waals surface area (Å²) < 4.78 is 11.7. The van der Waals surface area contributed by atoms with Crippen LogP contribution in [0.3, 0.4) is 0 Å². The highest BCUT2D eigenvalue weighted by Gasteiger charge is 2.42. The standard InChI is InChI=1S/C17H33NO2/c1-4-9-18-16(6-5-14(2)3)15-7-10-20-17(12-15)8-11-19-13-17/h14-16,18H,4-13H2,1-3H3. The number of hydrogen-bond acceptors (Lipinski definition) is 3. The van der Waals surface area contributed by atoms with Gasteiger partial charge in [0.1, 0.15) is 0 Å². The van der Waals surface area contributed by atoms with Gasteiger partial charge in [-0.05, 0) is 50.5 Å². The summed E-state index contributed by atoms with van der Waals surface area (Å²) in [6, 6.07) is 0.665. The first-order valence-electron chi connectivity index (χ1n) is 8.60. The highest BCUT2D eigenvalue weighted by Crippen LogP contribution is 2.38. The minimum atomic E-state index is 0.0485. The maximum atomic E-state index is 6.08. The van der Waals surface area contributed by atoms with Gasteiger partial charge in [0.25, 0.3) is 0 Å². The van der Waals surface area contributed by atoms with E-state index in [9.17, 15) is 0 Å². The Hall–Kier alpha value is -0.120. The van der Waals surface area contributed by atoms with Gasteiger partial charge in [-0.2, -0.15) is 0 Å². The summed E-state index contributed by atoms with van der Waals surface area (Å²) in [7, 11) is 0. The van der Waals surface area contributed by atoms with Crippen LogP contribution in [0.4, 0.5) is 0 Å². The van der Waals surface area contributed by atoms with E-state index >= 15 is 0 Å². The van der Waals surface area contributed by atoms with Crippen molar-refractivity contribution in [1.29, 1.82) is 0 Å². The molecule has 0 amide bonds. The molecule has 0 aromatic heterocycles. The lowest BCUT2D eigenvalue weighted by molar-refractivity contribution is -0.103. The van der Waals surface area contributed by atoms with Gasteiger partial charge in [0, 0.05) is 25.7 Å². The van der Waals surface area contributed by atoms with E-state index in [-0.39, 0.29) is 5.60 Å². The van der Waals surface area contributed by atoms with E-state index in [0.29, 0.717) is 6.04 Å². The Balaban J connectivity index is 1.91. The smallest absolute Gasteiger partial charge is 0.0939 e. The Labute approximate surface area is 124 Å². The third-order valence-electron chi connectivity index (χ3n) is 4.88. The molecule has 2 saturated heterocycles. The Kier molecular flexibility index (Phi) is 6.31. The molecular weight excluding hydrogens is 250 g/mol. The third kappa shape index (κ3) is 4.44. The number of ether oxygens (including phenoxy) is 2. The van der Waals surface area contributed by atoms with Crippen LogP contribution in [-0.2, 0) is 9.47 Å². The second-order valence-corrected chi connectivity index (χ2v) is 7.12. The van der Waals surface area contributed by atoms with E-state index in [2.05, 4.69) is 26.1 Å². The molecule has 2 aliphatic rings. The van der Waals surface area contributed by atoms with Crippen LogP contribution in [0.25, 0.3) is 0 Å². The first-order valence-corrected chi connectivity index (χ1v) is 8.60. The second kappa shape index (κ2) is 7.77. The molecule has 2 fully saturated rings. The van der Waals surface area contributed by atoms with Crippen molar-refractivity contribution in [1.82, 2.24) is 5.32 Å². The predicted octanol–water partition coefficient (Wildman–Crippen LogP) is 3.38. The monoisotopic (exact) mass is 283 g/mol.